The van der Waals surface area contributed by atoms with E-state index in [0.29, 0.717) is 0 Å². The summed E-state index contributed by atoms with van der Waals surface area (Å²) >= 11 is 0. The van der Waals surface area contributed by atoms with E-state index in [-0.39, 0.29) is 4.70 Å². The molecule has 2 N–H and O–H groups in total. The van der Waals surface area contributed by atoms with Gasteiger partial charge in [-0.15, -0.1) is 0 Å². The van der Waals surface area contributed by atoms with E-state index in [0.717, 1.165) is 24.7 Å². The van der Waals surface area contributed by atoms with E-state index >= 15 is 0 Å². The van der Waals surface area contributed by atoms with Gasteiger partial charge in [0.05, 0.1) is 0 Å². The monoisotopic (exact) mass is 244 g/mol. The lowest BCUT2D eigenvalue weighted by molar-refractivity contribution is 0.889. The van der Waals surface area contributed by atoms with Gasteiger partial charge >= 0.3 is 0 Å². The predicted molar refractivity (Wildman–Crippen MR) is 72.2 cm³/mol. The molecule has 0 atom stereocenters. The Labute approximate surface area is 104 Å². The van der Waals surface area contributed by atoms with Crippen molar-refractivity contribution in [1.82, 2.24) is 9.97 Å². The summed E-state index contributed by atoms with van der Waals surface area (Å²) in [4.78, 5) is 10.8. The maximum Gasteiger partial charge on any atom is 0.225 e. The van der Waals surface area contributed by atoms with Crippen molar-refractivity contribution < 1.29 is 4.70 Å². The molecular weight excluding hydrogens is 219 g/mol. The summed E-state index contributed by atoms with van der Waals surface area (Å²) in [5, 5.41) is 0. The van der Waals surface area contributed by atoms with E-state index in [9.17, 15) is 0 Å². The Morgan fingerprint density at radius 2 is 1.71 bits per heavy atom. The third-order valence-electron chi connectivity index (χ3n) is 2.17. The highest BCUT2D eigenvalue weighted by atomic mass is 19.0. The first kappa shape index (κ1) is 18.1. The lowest BCUT2D eigenvalue weighted by Gasteiger charge is -2.14. The van der Waals surface area contributed by atoms with Crippen LogP contribution in [0.25, 0.3) is 0 Å². The fourth-order valence-electron chi connectivity index (χ4n) is 1.51. The summed E-state index contributed by atoms with van der Waals surface area (Å²) in [7, 11) is 1.50. The molecule has 0 aliphatic carbocycles. The molecule has 0 radical (unpaired) electrons. The molecule has 1 fully saturated rings. The van der Waals surface area contributed by atoms with Crippen LogP contribution in [-0.4, -0.2) is 30.1 Å². The number of nitrogens with two attached hydrogens (primary N) is 1. The van der Waals surface area contributed by atoms with E-state index in [1.54, 1.807) is 0 Å². The average molecular weight is 244 g/mol. The average Bonchev–Trinajstić information content (AvgIpc) is 2.88. The van der Waals surface area contributed by atoms with Gasteiger partial charge in [0, 0.05) is 25.0 Å². The smallest absolute Gasteiger partial charge is 0.225 e. The van der Waals surface area contributed by atoms with Gasteiger partial charge in [0.1, 0.15) is 0 Å². The summed E-state index contributed by atoms with van der Waals surface area (Å²) in [5.41, 5.74) is 5.55. The molecule has 0 spiro atoms. The molecule has 0 bridgehead atoms. The molecule has 1 aromatic rings. The SMILES string of the molecule is CC.CN.Cc1ccnc(N2CCCC2)n1.F. The lowest BCUT2D eigenvalue weighted by Crippen LogP contribution is -2.20. The van der Waals surface area contributed by atoms with E-state index in [1.807, 2.05) is 33.0 Å². The van der Waals surface area contributed by atoms with Gasteiger partial charge in [0.15, 0.2) is 0 Å². The number of aromatic nitrogens is 2. The topological polar surface area (TPSA) is 55.0 Å². The molecule has 1 saturated heterocycles. The fourth-order valence-corrected chi connectivity index (χ4v) is 1.51. The Bertz CT molecular complexity index is 275. The molecule has 0 aromatic carbocycles. The van der Waals surface area contributed by atoms with Gasteiger partial charge < -0.3 is 10.6 Å². The van der Waals surface area contributed by atoms with E-state index in [2.05, 4.69) is 20.6 Å². The van der Waals surface area contributed by atoms with Crippen LogP contribution in [0.5, 0.6) is 0 Å². The Balaban J connectivity index is 0. The van der Waals surface area contributed by atoms with Crippen LogP contribution >= 0.6 is 0 Å². The van der Waals surface area contributed by atoms with Crippen molar-refractivity contribution in [2.75, 3.05) is 25.0 Å². The van der Waals surface area contributed by atoms with Crippen molar-refractivity contribution in [3.8, 4) is 0 Å². The molecule has 2 heterocycles. The second kappa shape index (κ2) is 11.3. The van der Waals surface area contributed by atoms with Crippen LogP contribution in [-0.2, 0) is 0 Å². The summed E-state index contributed by atoms with van der Waals surface area (Å²) < 4.78 is 0. The molecule has 1 aliphatic rings. The number of hydrogen-bond acceptors (Lipinski definition) is 4. The van der Waals surface area contributed by atoms with Gasteiger partial charge in [-0.25, -0.2) is 9.97 Å². The first-order valence-corrected chi connectivity index (χ1v) is 5.98. The Kier molecular flexibility index (Phi) is 12.0. The molecule has 17 heavy (non-hydrogen) atoms. The van der Waals surface area contributed by atoms with Crippen LogP contribution in [0.2, 0.25) is 0 Å². The second-order valence-corrected chi connectivity index (χ2v) is 3.19. The number of halogens is 1. The third-order valence-corrected chi connectivity index (χ3v) is 2.17. The van der Waals surface area contributed by atoms with Gasteiger partial charge in [-0.1, -0.05) is 13.8 Å². The van der Waals surface area contributed by atoms with Crippen LogP contribution in [0.4, 0.5) is 10.7 Å². The Hall–Kier alpha value is -1.23. The van der Waals surface area contributed by atoms with Crippen LogP contribution in [0, 0.1) is 6.92 Å². The maximum atomic E-state index is 4.50. The molecule has 5 heteroatoms. The minimum Gasteiger partial charge on any atom is -0.341 e. The molecule has 1 aromatic heterocycles. The molecule has 0 saturated carbocycles. The van der Waals surface area contributed by atoms with Crippen LogP contribution in [0.15, 0.2) is 12.3 Å². The van der Waals surface area contributed by atoms with Gasteiger partial charge in [-0.3, -0.25) is 4.70 Å². The molecule has 100 valence electrons. The van der Waals surface area contributed by atoms with E-state index in [4.69, 9.17) is 0 Å². The van der Waals surface area contributed by atoms with Crippen LogP contribution in [0.1, 0.15) is 32.4 Å². The predicted octanol–water partition coefficient (Wildman–Crippen LogP) is 2.14. The number of aryl methyl sites for hydroxylation is 1. The number of rotatable bonds is 1. The van der Waals surface area contributed by atoms with Crippen LogP contribution < -0.4 is 10.6 Å². The molecule has 0 unspecified atom stereocenters. The van der Waals surface area contributed by atoms with Crippen molar-refractivity contribution >= 4 is 5.95 Å². The standard InChI is InChI=1S/C9H13N3.C2H6.CH5N.FH/c1-8-4-5-10-9(11-8)12-6-2-3-7-12;2*1-2;/h4-5H,2-3,6-7H2,1H3;1-2H3;2H2,1H3;1H. The Morgan fingerprint density at radius 1 is 1.18 bits per heavy atom. The number of nitrogens with zero attached hydrogens (tertiary/aromatic N) is 3. The van der Waals surface area contributed by atoms with Crippen LogP contribution in [0.3, 0.4) is 0 Å². The maximum absolute atomic E-state index is 4.50. The van der Waals surface area contributed by atoms with Gasteiger partial charge in [0.2, 0.25) is 5.95 Å². The highest BCUT2D eigenvalue weighted by molar-refractivity contribution is 5.30. The molecule has 0 amide bonds. The molecule has 4 nitrogen and oxygen atoms in total. The minimum atomic E-state index is 0. The first-order chi connectivity index (χ1) is 7.86. The zero-order valence-corrected chi connectivity index (χ0v) is 11.3. The summed E-state index contributed by atoms with van der Waals surface area (Å²) in [6.45, 7) is 8.23. The van der Waals surface area contributed by atoms with Crippen molar-refractivity contribution in [2.45, 2.75) is 33.6 Å². The van der Waals surface area contributed by atoms with Gasteiger partial charge in [-0.2, -0.15) is 0 Å². The minimum absolute atomic E-state index is 0. The van der Waals surface area contributed by atoms with Crippen molar-refractivity contribution in [1.29, 1.82) is 0 Å². The molecule has 1 aliphatic heterocycles. The third kappa shape index (κ3) is 6.16. The zero-order chi connectivity index (χ0) is 12.4. The van der Waals surface area contributed by atoms with Crippen molar-refractivity contribution in [3.63, 3.8) is 0 Å². The van der Waals surface area contributed by atoms with E-state index in [1.165, 1.54) is 19.9 Å². The first-order valence-electron chi connectivity index (χ1n) is 5.98. The van der Waals surface area contributed by atoms with Crippen molar-refractivity contribution in [2.24, 2.45) is 5.73 Å². The molecule has 2 rings (SSSR count). The number of anilines is 1. The summed E-state index contributed by atoms with van der Waals surface area (Å²) in [6, 6.07) is 1.93. The van der Waals surface area contributed by atoms with Crippen molar-refractivity contribution in [3.05, 3.63) is 18.0 Å². The van der Waals surface area contributed by atoms with Gasteiger partial charge in [-0.05, 0) is 32.9 Å². The summed E-state index contributed by atoms with van der Waals surface area (Å²) in [6.07, 6.45) is 4.38. The van der Waals surface area contributed by atoms with E-state index < -0.39 is 0 Å². The second-order valence-electron chi connectivity index (χ2n) is 3.19. The lowest BCUT2D eigenvalue weighted by atomic mass is 10.4. The van der Waals surface area contributed by atoms with Gasteiger partial charge in [0.25, 0.3) is 0 Å². The highest BCUT2D eigenvalue weighted by Crippen LogP contribution is 2.14. The normalized spacial score (nSPS) is 12.6. The largest absolute Gasteiger partial charge is 0.341 e. The Morgan fingerprint density at radius 3 is 2.18 bits per heavy atom. The highest BCUT2D eigenvalue weighted by Gasteiger charge is 2.13. The fraction of sp³-hybridized carbons (Fsp3) is 0.667. The quantitative estimate of drug-likeness (QED) is 0.822. The zero-order valence-electron chi connectivity index (χ0n) is 11.3. The number of hydrogen-bond donors (Lipinski definition) is 1. The molecular formula is C12H25FN4. The summed E-state index contributed by atoms with van der Waals surface area (Å²) in [5.74, 6) is 0.896.